The predicted molar refractivity (Wildman–Crippen MR) is 115 cm³/mol. The molecule has 1 aromatic heterocycles. The summed E-state index contributed by atoms with van der Waals surface area (Å²) in [5.41, 5.74) is 1.74. The summed E-state index contributed by atoms with van der Waals surface area (Å²) < 4.78 is 59.7. The van der Waals surface area contributed by atoms with Crippen LogP contribution in [0.15, 0.2) is 18.2 Å². The maximum Gasteiger partial charge on any atom is 0.573 e. The van der Waals surface area contributed by atoms with Crippen LogP contribution in [0.4, 0.5) is 22.4 Å². The number of benzene rings is 1. The van der Waals surface area contributed by atoms with Crippen molar-refractivity contribution in [2.24, 2.45) is 11.3 Å². The number of carbonyl (C=O) groups excluding carboxylic acids is 2. The SMILES string of the molecule is O=C(OCc1ccc(OC(F)(F)F)cc1F)N1CCC2(CC1)CN(C(=O)[C@H]1CCc3n[nH]nc3C1)C2. The van der Waals surface area contributed by atoms with Crippen molar-refractivity contribution in [1.82, 2.24) is 25.2 Å². The number of hydrogen-bond donors (Lipinski definition) is 1. The lowest BCUT2D eigenvalue weighted by Gasteiger charge is -2.54. The third kappa shape index (κ3) is 5.09. The van der Waals surface area contributed by atoms with Gasteiger partial charge in [0.05, 0.1) is 11.4 Å². The molecule has 0 saturated carbocycles. The fraction of sp³-hybridized carbons (Fsp3) is 0.565. The summed E-state index contributed by atoms with van der Waals surface area (Å²) in [6.45, 7) is 1.82. The summed E-state index contributed by atoms with van der Waals surface area (Å²) in [5.74, 6) is -1.58. The Bertz CT molecular complexity index is 1140. The molecule has 1 spiro atoms. The van der Waals surface area contributed by atoms with Gasteiger partial charge in [0.25, 0.3) is 0 Å². The largest absolute Gasteiger partial charge is 0.573 e. The second-order valence-electron chi connectivity index (χ2n) is 9.69. The van der Waals surface area contributed by atoms with Gasteiger partial charge in [-0.3, -0.25) is 4.79 Å². The zero-order valence-corrected chi connectivity index (χ0v) is 19.3. The van der Waals surface area contributed by atoms with Crippen molar-refractivity contribution < 1.29 is 36.6 Å². The fourth-order valence-electron chi connectivity index (χ4n) is 5.23. The van der Waals surface area contributed by atoms with Crippen LogP contribution < -0.4 is 4.74 Å². The molecule has 2 aliphatic heterocycles. The Kier molecular flexibility index (Phi) is 6.25. The number of nitrogens with one attached hydrogen (secondary N) is 1. The average Bonchev–Trinajstić information content (AvgIpc) is 3.28. The molecule has 0 radical (unpaired) electrons. The lowest BCUT2D eigenvalue weighted by Crippen LogP contribution is -2.63. The molecule has 0 bridgehead atoms. The molecule has 1 aromatic carbocycles. The van der Waals surface area contributed by atoms with Gasteiger partial charge < -0.3 is 19.3 Å². The van der Waals surface area contributed by atoms with Crippen LogP contribution in [0.1, 0.15) is 36.2 Å². The van der Waals surface area contributed by atoms with E-state index in [-0.39, 0.29) is 22.8 Å². The fourth-order valence-corrected chi connectivity index (χ4v) is 5.23. The minimum absolute atomic E-state index is 0.0133. The highest BCUT2D eigenvalue weighted by molar-refractivity contribution is 5.80. The molecule has 3 aliphatic rings. The smallest absolute Gasteiger partial charge is 0.444 e. The highest BCUT2D eigenvalue weighted by Crippen LogP contribution is 2.42. The first-order chi connectivity index (χ1) is 17.1. The molecular weight excluding hydrogens is 486 g/mol. The number of H-pyrrole nitrogens is 1. The van der Waals surface area contributed by atoms with E-state index in [1.165, 1.54) is 4.90 Å². The molecule has 3 heterocycles. The molecule has 1 atom stereocenters. The maximum atomic E-state index is 14.1. The molecular formula is C23H25F4N5O4. The molecule has 1 aliphatic carbocycles. The van der Waals surface area contributed by atoms with Gasteiger partial charge in [0.1, 0.15) is 18.2 Å². The van der Waals surface area contributed by atoms with Crippen LogP contribution >= 0.6 is 0 Å². The average molecular weight is 511 g/mol. The van der Waals surface area contributed by atoms with Crippen LogP contribution in [0.2, 0.25) is 0 Å². The minimum Gasteiger partial charge on any atom is -0.444 e. The summed E-state index contributed by atoms with van der Waals surface area (Å²) in [6, 6.07) is 2.65. The van der Waals surface area contributed by atoms with Crippen LogP contribution in [0.5, 0.6) is 5.75 Å². The van der Waals surface area contributed by atoms with Crippen LogP contribution in [0, 0.1) is 17.2 Å². The summed E-state index contributed by atoms with van der Waals surface area (Å²) in [6.07, 6.45) is -1.98. The number of ether oxygens (including phenoxy) is 2. The first-order valence-corrected chi connectivity index (χ1v) is 11.7. The molecule has 194 valence electrons. The number of aromatic amines is 1. The number of halogens is 4. The second-order valence-corrected chi connectivity index (χ2v) is 9.69. The number of hydrogen-bond acceptors (Lipinski definition) is 6. The Morgan fingerprint density at radius 2 is 1.83 bits per heavy atom. The number of alkyl halides is 3. The van der Waals surface area contributed by atoms with E-state index in [2.05, 4.69) is 20.1 Å². The van der Waals surface area contributed by atoms with E-state index < -0.39 is 30.6 Å². The number of nitrogens with zero attached hydrogens (tertiary/aromatic N) is 4. The van der Waals surface area contributed by atoms with Crippen LogP contribution in [-0.4, -0.2) is 69.8 Å². The number of amides is 2. The number of piperidine rings is 1. The first kappa shape index (κ1) is 24.3. The highest BCUT2D eigenvalue weighted by atomic mass is 19.4. The third-order valence-electron chi connectivity index (χ3n) is 7.28. The van der Waals surface area contributed by atoms with Gasteiger partial charge in [-0.2, -0.15) is 15.4 Å². The highest BCUT2D eigenvalue weighted by Gasteiger charge is 2.48. The summed E-state index contributed by atoms with van der Waals surface area (Å²) in [5, 5.41) is 10.9. The Morgan fingerprint density at radius 1 is 1.11 bits per heavy atom. The van der Waals surface area contributed by atoms with Crippen LogP contribution in [-0.2, 0) is 29.0 Å². The molecule has 2 aromatic rings. The molecule has 0 unspecified atom stereocenters. The van der Waals surface area contributed by atoms with Crippen molar-refractivity contribution >= 4 is 12.0 Å². The number of fused-ring (bicyclic) bond motifs is 1. The standard InChI is InChI=1S/C23H25F4N5O4/c24-17-10-16(36-23(25,26)27)3-1-15(17)11-35-21(34)31-7-5-22(6-8-31)12-32(13-22)20(33)14-2-4-18-19(9-14)29-30-28-18/h1,3,10,14H,2,4-9,11-13H2,(H,28,29,30)/t14-/m0/s1. The van der Waals surface area contributed by atoms with E-state index in [0.29, 0.717) is 38.7 Å². The summed E-state index contributed by atoms with van der Waals surface area (Å²) in [4.78, 5) is 28.8. The van der Waals surface area contributed by atoms with Crippen molar-refractivity contribution in [3.05, 3.63) is 41.0 Å². The summed E-state index contributed by atoms with van der Waals surface area (Å²) in [7, 11) is 0. The van der Waals surface area contributed by atoms with E-state index in [0.717, 1.165) is 49.2 Å². The lowest BCUT2D eigenvalue weighted by molar-refractivity contribution is -0.274. The van der Waals surface area contributed by atoms with Crippen molar-refractivity contribution in [3.8, 4) is 5.75 Å². The molecule has 1 N–H and O–H groups in total. The van der Waals surface area contributed by atoms with Crippen LogP contribution in [0.3, 0.4) is 0 Å². The van der Waals surface area contributed by atoms with Crippen molar-refractivity contribution in [1.29, 1.82) is 0 Å². The molecule has 2 saturated heterocycles. The summed E-state index contributed by atoms with van der Waals surface area (Å²) >= 11 is 0. The number of likely N-dealkylation sites (tertiary alicyclic amines) is 2. The molecule has 13 heteroatoms. The van der Waals surface area contributed by atoms with Gasteiger partial charge >= 0.3 is 12.5 Å². The number of aryl methyl sites for hydroxylation is 1. The topological polar surface area (TPSA) is 101 Å². The Labute approximate surface area is 203 Å². The van der Waals surface area contributed by atoms with Crippen LogP contribution in [0.25, 0.3) is 0 Å². The first-order valence-electron chi connectivity index (χ1n) is 11.7. The van der Waals surface area contributed by atoms with Gasteiger partial charge in [0.15, 0.2) is 0 Å². The molecule has 2 amide bonds. The van der Waals surface area contributed by atoms with Gasteiger partial charge in [0.2, 0.25) is 5.91 Å². The lowest BCUT2D eigenvalue weighted by atomic mass is 9.71. The van der Waals surface area contributed by atoms with Gasteiger partial charge in [-0.05, 0) is 37.8 Å². The van der Waals surface area contributed by atoms with Gasteiger partial charge in [-0.15, -0.1) is 13.2 Å². The van der Waals surface area contributed by atoms with Gasteiger partial charge in [0, 0.05) is 55.6 Å². The third-order valence-corrected chi connectivity index (χ3v) is 7.28. The number of carbonyl (C=O) groups is 2. The van der Waals surface area contributed by atoms with Gasteiger partial charge in [-0.25, -0.2) is 9.18 Å². The quantitative estimate of drug-likeness (QED) is 0.633. The van der Waals surface area contributed by atoms with Crippen molar-refractivity contribution in [3.63, 3.8) is 0 Å². The van der Waals surface area contributed by atoms with E-state index in [9.17, 15) is 27.2 Å². The van der Waals surface area contributed by atoms with E-state index in [4.69, 9.17) is 4.74 Å². The Hall–Kier alpha value is -3.38. The van der Waals surface area contributed by atoms with E-state index >= 15 is 0 Å². The monoisotopic (exact) mass is 511 g/mol. The molecule has 5 rings (SSSR count). The maximum absolute atomic E-state index is 14.1. The minimum atomic E-state index is -4.92. The van der Waals surface area contributed by atoms with Crippen molar-refractivity contribution in [2.75, 3.05) is 26.2 Å². The molecule has 2 fully saturated rings. The number of aromatic nitrogens is 3. The Morgan fingerprint density at radius 3 is 2.53 bits per heavy atom. The predicted octanol–water partition coefficient (Wildman–Crippen LogP) is 3.21. The number of rotatable bonds is 4. The Balaban J connectivity index is 1.06. The van der Waals surface area contributed by atoms with E-state index in [1.807, 2.05) is 4.90 Å². The zero-order chi connectivity index (χ0) is 25.5. The molecule has 9 nitrogen and oxygen atoms in total. The van der Waals surface area contributed by atoms with Gasteiger partial charge in [-0.1, -0.05) is 0 Å². The van der Waals surface area contributed by atoms with E-state index in [1.54, 1.807) is 0 Å². The zero-order valence-electron chi connectivity index (χ0n) is 19.3. The second kappa shape index (κ2) is 9.25. The van der Waals surface area contributed by atoms with Crippen molar-refractivity contribution in [2.45, 2.75) is 45.1 Å². The normalized spacial score (nSPS) is 21.1. The molecule has 36 heavy (non-hydrogen) atoms.